The Morgan fingerprint density at radius 1 is 1.38 bits per heavy atom. The third kappa shape index (κ3) is 2.93. The Hall–Kier alpha value is -1.88. The third-order valence-electron chi connectivity index (χ3n) is 5.89. The second-order valence-corrected chi connectivity index (χ2v) is 7.62. The zero-order chi connectivity index (χ0) is 16.7. The fourth-order valence-electron chi connectivity index (χ4n) is 4.55. The van der Waals surface area contributed by atoms with Crippen LogP contribution in [-0.4, -0.2) is 21.3 Å². The molecular weight excluding hydrogens is 300 g/mol. The molecule has 2 saturated carbocycles. The van der Waals surface area contributed by atoms with Crippen molar-refractivity contribution in [2.45, 2.75) is 51.6 Å². The molecule has 0 saturated heterocycles. The number of carbonyl (C=O) groups excluding carboxylic acids is 1. The van der Waals surface area contributed by atoms with E-state index in [1.54, 1.807) is 0 Å². The topological polar surface area (TPSA) is 72.4 Å². The summed E-state index contributed by atoms with van der Waals surface area (Å²) in [6.45, 7) is 2.55. The van der Waals surface area contributed by atoms with Crippen molar-refractivity contribution in [3.05, 3.63) is 35.8 Å². The fraction of sp³-hybridized carbons (Fsp3) is 0.579. The van der Waals surface area contributed by atoms with Crippen molar-refractivity contribution in [3.63, 3.8) is 0 Å². The van der Waals surface area contributed by atoms with Gasteiger partial charge in [0.15, 0.2) is 0 Å². The van der Waals surface area contributed by atoms with Gasteiger partial charge in [-0.15, -0.1) is 0 Å². The Bertz CT molecular complexity index is 739. The lowest BCUT2D eigenvalue weighted by Gasteiger charge is -2.43. The number of fused-ring (bicyclic) bond motifs is 3. The highest BCUT2D eigenvalue weighted by Gasteiger charge is 2.40. The molecule has 24 heavy (non-hydrogen) atoms. The van der Waals surface area contributed by atoms with Gasteiger partial charge in [0.05, 0.1) is 12.2 Å². The number of aromatic nitrogens is 2. The number of rotatable bonds is 3. The van der Waals surface area contributed by atoms with Crippen molar-refractivity contribution in [2.24, 2.45) is 23.5 Å². The molecule has 1 amide bonds. The van der Waals surface area contributed by atoms with Gasteiger partial charge >= 0.3 is 0 Å². The molecular formula is C19H26N4O. The van der Waals surface area contributed by atoms with E-state index in [2.05, 4.69) is 29.4 Å². The highest BCUT2D eigenvalue weighted by atomic mass is 16.1. The molecule has 0 spiro atoms. The van der Waals surface area contributed by atoms with Crippen LogP contribution in [0, 0.1) is 24.7 Å². The normalized spacial score (nSPS) is 29.6. The number of pyridine rings is 1. The molecule has 5 nitrogen and oxygen atoms in total. The zero-order valence-corrected chi connectivity index (χ0v) is 14.2. The number of nitrogens with one attached hydrogen (secondary N) is 1. The first kappa shape index (κ1) is 15.6. The lowest BCUT2D eigenvalue weighted by atomic mass is 9.65. The van der Waals surface area contributed by atoms with Crippen molar-refractivity contribution in [1.29, 1.82) is 0 Å². The summed E-state index contributed by atoms with van der Waals surface area (Å²) in [6, 6.07) is 4.42. The minimum Gasteiger partial charge on any atom is -0.350 e. The smallest absolute Gasteiger partial charge is 0.223 e. The maximum absolute atomic E-state index is 12.6. The van der Waals surface area contributed by atoms with Gasteiger partial charge in [0.1, 0.15) is 5.65 Å². The van der Waals surface area contributed by atoms with Gasteiger partial charge in [0, 0.05) is 24.4 Å². The molecule has 5 heteroatoms. The molecule has 2 aliphatic rings. The molecule has 0 aliphatic heterocycles. The van der Waals surface area contributed by atoms with E-state index in [9.17, 15) is 4.79 Å². The zero-order valence-electron chi connectivity index (χ0n) is 14.2. The molecule has 2 unspecified atom stereocenters. The molecule has 2 aromatic heterocycles. The van der Waals surface area contributed by atoms with Gasteiger partial charge in [-0.2, -0.15) is 0 Å². The minimum absolute atomic E-state index is 0.124. The molecule has 2 atom stereocenters. The van der Waals surface area contributed by atoms with Crippen LogP contribution in [0.4, 0.5) is 0 Å². The summed E-state index contributed by atoms with van der Waals surface area (Å²) in [5, 5.41) is 3.09. The van der Waals surface area contributed by atoms with Crippen LogP contribution < -0.4 is 11.1 Å². The molecule has 0 radical (unpaired) electrons. The predicted molar refractivity (Wildman–Crippen MR) is 93.3 cm³/mol. The second kappa shape index (κ2) is 6.20. The largest absolute Gasteiger partial charge is 0.350 e. The molecule has 128 valence electrons. The lowest BCUT2D eigenvalue weighted by Crippen LogP contribution is -2.49. The van der Waals surface area contributed by atoms with E-state index in [4.69, 9.17) is 5.73 Å². The monoisotopic (exact) mass is 326 g/mol. The Kier molecular flexibility index (Phi) is 4.04. The first-order chi connectivity index (χ1) is 11.6. The van der Waals surface area contributed by atoms with E-state index >= 15 is 0 Å². The Balaban J connectivity index is 1.39. The van der Waals surface area contributed by atoms with E-state index in [1.807, 2.05) is 16.8 Å². The lowest BCUT2D eigenvalue weighted by molar-refractivity contribution is -0.128. The summed E-state index contributed by atoms with van der Waals surface area (Å²) < 4.78 is 2.00. The van der Waals surface area contributed by atoms with E-state index in [-0.39, 0.29) is 11.8 Å². The van der Waals surface area contributed by atoms with E-state index in [0.717, 1.165) is 24.2 Å². The summed E-state index contributed by atoms with van der Waals surface area (Å²) >= 11 is 0. The summed E-state index contributed by atoms with van der Waals surface area (Å²) in [7, 11) is 0. The molecule has 2 fully saturated rings. The van der Waals surface area contributed by atoms with E-state index in [0.29, 0.717) is 24.4 Å². The molecule has 2 aliphatic carbocycles. The minimum atomic E-state index is 0.124. The molecule has 4 rings (SSSR count). The molecule has 3 N–H and O–H groups in total. The average molecular weight is 326 g/mol. The summed E-state index contributed by atoms with van der Waals surface area (Å²) in [5.74, 6) is 1.37. The summed E-state index contributed by atoms with van der Waals surface area (Å²) in [5.41, 5.74) is 9.34. The number of carbonyl (C=O) groups is 1. The van der Waals surface area contributed by atoms with Crippen LogP contribution in [0.2, 0.25) is 0 Å². The third-order valence-corrected chi connectivity index (χ3v) is 5.89. The number of nitrogens with zero attached hydrogens (tertiary/aromatic N) is 2. The van der Waals surface area contributed by atoms with Gasteiger partial charge in [0.25, 0.3) is 0 Å². The predicted octanol–water partition coefficient (Wildman–Crippen LogP) is 2.41. The maximum atomic E-state index is 12.6. The van der Waals surface area contributed by atoms with Gasteiger partial charge in [-0.05, 0) is 62.1 Å². The summed E-state index contributed by atoms with van der Waals surface area (Å²) in [6.07, 6.45) is 9.55. The first-order valence-corrected chi connectivity index (χ1v) is 9.07. The Morgan fingerprint density at radius 2 is 2.12 bits per heavy atom. The Morgan fingerprint density at radius 3 is 2.88 bits per heavy atom. The van der Waals surface area contributed by atoms with Crippen molar-refractivity contribution in [2.75, 3.05) is 0 Å². The quantitative estimate of drug-likeness (QED) is 0.910. The van der Waals surface area contributed by atoms with Gasteiger partial charge in [-0.3, -0.25) is 4.79 Å². The number of imidazole rings is 1. The molecule has 2 aromatic rings. The molecule has 2 heterocycles. The van der Waals surface area contributed by atoms with Crippen LogP contribution in [-0.2, 0) is 11.3 Å². The highest BCUT2D eigenvalue weighted by molar-refractivity contribution is 5.78. The van der Waals surface area contributed by atoms with Gasteiger partial charge in [-0.1, -0.05) is 6.42 Å². The van der Waals surface area contributed by atoms with Gasteiger partial charge in [-0.25, -0.2) is 4.98 Å². The van der Waals surface area contributed by atoms with Crippen molar-refractivity contribution in [3.8, 4) is 0 Å². The number of amides is 1. The van der Waals surface area contributed by atoms with Crippen LogP contribution in [0.5, 0.6) is 0 Å². The summed E-state index contributed by atoms with van der Waals surface area (Å²) in [4.78, 5) is 17.2. The average Bonchev–Trinajstić information content (AvgIpc) is 2.94. The van der Waals surface area contributed by atoms with Crippen LogP contribution in [0.15, 0.2) is 24.5 Å². The van der Waals surface area contributed by atoms with Crippen LogP contribution in [0.3, 0.4) is 0 Å². The second-order valence-electron chi connectivity index (χ2n) is 7.62. The highest BCUT2D eigenvalue weighted by Crippen LogP contribution is 2.41. The van der Waals surface area contributed by atoms with Crippen molar-refractivity contribution in [1.82, 2.24) is 14.7 Å². The number of hydrogen-bond acceptors (Lipinski definition) is 3. The van der Waals surface area contributed by atoms with E-state index < -0.39 is 0 Å². The van der Waals surface area contributed by atoms with Gasteiger partial charge in [0.2, 0.25) is 5.91 Å². The van der Waals surface area contributed by atoms with Gasteiger partial charge < -0.3 is 15.5 Å². The SMILES string of the molecule is Cc1ccn2cc(CNC(=O)C3CC4CCCC(C3)C4N)nc2c1. The molecule has 2 bridgehead atoms. The number of nitrogens with two attached hydrogens (primary N) is 1. The van der Waals surface area contributed by atoms with E-state index in [1.165, 1.54) is 24.8 Å². The van der Waals surface area contributed by atoms with Crippen molar-refractivity contribution < 1.29 is 4.79 Å². The standard InChI is InChI=1S/C19H26N4O/c1-12-5-6-23-11-16(22-17(23)7-12)10-21-19(24)15-8-13-3-2-4-14(9-15)18(13)20/h5-7,11,13-15,18H,2-4,8-10,20H2,1H3,(H,21,24). The number of hydrogen-bond donors (Lipinski definition) is 2. The fourth-order valence-corrected chi connectivity index (χ4v) is 4.55. The first-order valence-electron chi connectivity index (χ1n) is 9.07. The number of aryl methyl sites for hydroxylation is 1. The van der Waals surface area contributed by atoms with Crippen LogP contribution in [0.1, 0.15) is 43.4 Å². The van der Waals surface area contributed by atoms with Crippen LogP contribution in [0.25, 0.3) is 5.65 Å². The van der Waals surface area contributed by atoms with Crippen LogP contribution >= 0.6 is 0 Å². The van der Waals surface area contributed by atoms with Crippen molar-refractivity contribution >= 4 is 11.6 Å². The maximum Gasteiger partial charge on any atom is 0.223 e. The Labute approximate surface area is 142 Å². The molecule has 0 aromatic carbocycles.